The molecule has 0 unspecified atom stereocenters. The maximum absolute atomic E-state index is 13.6. The van der Waals surface area contributed by atoms with Crippen LogP contribution in [0.15, 0.2) is 36.8 Å². The lowest BCUT2D eigenvalue weighted by atomic mass is 9.88. The van der Waals surface area contributed by atoms with Crippen molar-refractivity contribution in [2.24, 2.45) is 0 Å². The number of amides is 2. The number of piperidine rings is 1. The van der Waals surface area contributed by atoms with Crippen LogP contribution in [0.2, 0.25) is 0 Å². The van der Waals surface area contributed by atoms with Crippen LogP contribution in [0.4, 0.5) is 10.1 Å². The second kappa shape index (κ2) is 7.27. The highest BCUT2D eigenvalue weighted by Gasteiger charge is 2.43. The summed E-state index contributed by atoms with van der Waals surface area (Å²) in [5, 5.41) is 0. The molecule has 0 saturated carbocycles. The zero-order chi connectivity index (χ0) is 19.7. The predicted molar refractivity (Wildman–Crippen MR) is 99.3 cm³/mol. The van der Waals surface area contributed by atoms with Gasteiger partial charge in [-0.3, -0.25) is 9.59 Å². The van der Waals surface area contributed by atoms with Gasteiger partial charge in [-0.05, 0) is 38.0 Å². The fourth-order valence-electron chi connectivity index (χ4n) is 3.78. The first-order valence-corrected chi connectivity index (χ1v) is 9.23. The molecule has 8 heteroatoms. The van der Waals surface area contributed by atoms with E-state index in [2.05, 4.69) is 9.97 Å². The number of rotatable bonds is 2. The summed E-state index contributed by atoms with van der Waals surface area (Å²) in [6.07, 6.45) is 4.16. The first-order valence-electron chi connectivity index (χ1n) is 9.23. The Morgan fingerprint density at radius 1 is 1.29 bits per heavy atom. The van der Waals surface area contributed by atoms with E-state index in [9.17, 15) is 14.0 Å². The van der Waals surface area contributed by atoms with Crippen LogP contribution >= 0.6 is 0 Å². The SMILES string of the molecule is Cc1ncncc1C(=O)N1CCC2(CC1)CN(c1cccc(F)c1)C(=O)CO2. The molecule has 0 atom stereocenters. The molecule has 0 N–H and O–H groups in total. The molecule has 7 nitrogen and oxygen atoms in total. The van der Waals surface area contributed by atoms with Crippen molar-refractivity contribution in [2.75, 3.05) is 31.1 Å². The molecule has 2 aromatic rings. The molecule has 0 bridgehead atoms. The molecule has 0 radical (unpaired) electrons. The van der Waals surface area contributed by atoms with Crippen LogP contribution in [0.5, 0.6) is 0 Å². The van der Waals surface area contributed by atoms with Crippen molar-refractivity contribution in [1.82, 2.24) is 14.9 Å². The summed E-state index contributed by atoms with van der Waals surface area (Å²) in [5.74, 6) is -0.666. The van der Waals surface area contributed by atoms with Crippen LogP contribution in [-0.2, 0) is 9.53 Å². The van der Waals surface area contributed by atoms with Gasteiger partial charge in [-0.1, -0.05) is 6.07 Å². The van der Waals surface area contributed by atoms with Gasteiger partial charge in [-0.15, -0.1) is 0 Å². The molecule has 4 rings (SSSR count). The van der Waals surface area contributed by atoms with Crippen LogP contribution in [0.3, 0.4) is 0 Å². The number of hydrogen-bond acceptors (Lipinski definition) is 5. The van der Waals surface area contributed by atoms with E-state index in [-0.39, 0.29) is 24.2 Å². The van der Waals surface area contributed by atoms with Crippen molar-refractivity contribution < 1.29 is 18.7 Å². The second-order valence-electron chi connectivity index (χ2n) is 7.25. The number of morpholine rings is 1. The molecule has 1 aromatic heterocycles. The van der Waals surface area contributed by atoms with Gasteiger partial charge >= 0.3 is 0 Å². The smallest absolute Gasteiger partial charge is 0.257 e. The molecule has 2 aliphatic rings. The molecule has 2 amide bonds. The van der Waals surface area contributed by atoms with Gasteiger partial charge in [-0.2, -0.15) is 0 Å². The number of carbonyl (C=O) groups excluding carboxylic acids is 2. The van der Waals surface area contributed by atoms with Gasteiger partial charge in [0.1, 0.15) is 18.8 Å². The van der Waals surface area contributed by atoms with E-state index in [0.29, 0.717) is 49.4 Å². The van der Waals surface area contributed by atoms with Crippen LogP contribution in [0.1, 0.15) is 28.9 Å². The van der Waals surface area contributed by atoms with Gasteiger partial charge in [0.05, 0.1) is 23.4 Å². The number of carbonyl (C=O) groups is 2. The first-order chi connectivity index (χ1) is 13.5. The maximum atomic E-state index is 13.6. The highest BCUT2D eigenvalue weighted by molar-refractivity contribution is 5.96. The van der Waals surface area contributed by atoms with Gasteiger partial charge < -0.3 is 14.5 Å². The molecule has 2 saturated heterocycles. The fourth-order valence-corrected chi connectivity index (χ4v) is 3.78. The number of likely N-dealkylation sites (tertiary alicyclic amines) is 1. The van der Waals surface area contributed by atoms with Crippen molar-refractivity contribution in [3.8, 4) is 0 Å². The summed E-state index contributed by atoms with van der Waals surface area (Å²) in [6, 6.07) is 6.01. The second-order valence-corrected chi connectivity index (χ2v) is 7.25. The largest absolute Gasteiger partial charge is 0.363 e. The van der Waals surface area contributed by atoms with Crippen LogP contribution < -0.4 is 4.90 Å². The minimum Gasteiger partial charge on any atom is -0.363 e. The van der Waals surface area contributed by atoms with E-state index in [4.69, 9.17) is 4.74 Å². The highest BCUT2D eigenvalue weighted by atomic mass is 19.1. The topological polar surface area (TPSA) is 75.6 Å². The molecule has 0 aliphatic carbocycles. The third kappa shape index (κ3) is 3.47. The lowest BCUT2D eigenvalue weighted by molar-refractivity contribution is -0.143. The number of hydrogen-bond donors (Lipinski definition) is 0. The highest BCUT2D eigenvalue weighted by Crippen LogP contribution is 2.33. The van der Waals surface area contributed by atoms with Gasteiger partial charge in [0.2, 0.25) is 0 Å². The third-order valence-electron chi connectivity index (χ3n) is 5.47. The number of aromatic nitrogens is 2. The molecule has 1 spiro atoms. The molecule has 3 heterocycles. The van der Waals surface area contributed by atoms with Crippen LogP contribution in [-0.4, -0.2) is 58.5 Å². The Labute approximate surface area is 162 Å². The average molecular weight is 384 g/mol. The van der Waals surface area contributed by atoms with Gasteiger partial charge in [0.15, 0.2) is 0 Å². The molecule has 28 heavy (non-hydrogen) atoms. The molecule has 1 aromatic carbocycles. The monoisotopic (exact) mass is 384 g/mol. The Kier molecular flexibility index (Phi) is 4.80. The molecule has 2 aliphatic heterocycles. The van der Waals surface area contributed by atoms with Crippen molar-refractivity contribution >= 4 is 17.5 Å². The lowest BCUT2D eigenvalue weighted by Crippen LogP contribution is -2.59. The molecule has 146 valence electrons. The number of halogens is 1. The van der Waals surface area contributed by atoms with Crippen molar-refractivity contribution in [1.29, 1.82) is 0 Å². The normalized spacial score (nSPS) is 19.1. The summed E-state index contributed by atoms with van der Waals surface area (Å²) >= 11 is 0. The quantitative estimate of drug-likeness (QED) is 0.791. The number of aryl methyl sites for hydroxylation is 1. The minimum absolute atomic E-state index is 0.0455. The number of ether oxygens (including phenoxy) is 1. The van der Waals surface area contributed by atoms with E-state index < -0.39 is 5.60 Å². The van der Waals surface area contributed by atoms with Crippen molar-refractivity contribution in [2.45, 2.75) is 25.4 Å². The van der Waals surface area contributed by atoms with E-state index >= 15 is 0 Å². The molecule has 2 fully saturated rings. The van der Waals surface area contributed by atoms with Gasteiger partial charge in [0, 0.05) is 25.0 Å². The number of nitrogens with zero attached hydrogens (tertiary/aromatic N) is 4. The van der Waals surface area contributed by atoms with Crippen molar-refractivity contribution in [3.63, 3.8) is 0 Å². The Morgan fingerprint density at radius 3 is 2.79 bits per heavy atom. The predicted octanol–water partition coefficient (Wildman–Crippen LogP) is 1.96. The summed E-state index contributed by atoms with van der Waals surface area (Å²) in [5.41, 5.74) is 1.15. The lowest BCUT2D eigenvalue weighted by Gasteiger charge is -2.47. The fraction of sp³-hybridized carbons (Fsp3) is 0.400. The van der Waals surface area contributed by atoms with E-state index in [0.717, 1.165) is 0 Å². The Morgan fingerprint density at radius 2 is 2.07 bits per heavy atom. The van der Waals surface area contributed by atoms with Crippen LogP contribution in [0.25, 0.3) is 0 Å². The summed E-state index contributed by atoms with van der Waals surface area (Å²) in [4.78, 5) is 36.5. The van der Waals surface area contributed by atoms with E-state index in [1.165, 1.54) is 24.7 Å². The standard InChI is InChI=1S/C20H21FN4O3/c1-14-17(10-22-13-23-14)19(27)24-7-5-20(6-8-24)12-25(18(26)11-28-20)16-4-2-3-15(21)9-16/h2-4,9-10,13H,5-8,11-12H2,1H3. The Hall–Kier alpha value is -2.87. The summed E-state index contributed by atoms with van der Waals surface area (Å²) in [7, 11) is 0. The molecular weight excluding hydrogens is 363 g/mol. The Bertz CT molecular complexity index is 912. The molecular formula is C20H21FN4O3. The maximum Gasteiger partial charge on any atom is 0.257 e. The zero-order valence-corrected chi connectivity index (χ0v) is 15.6. The van der Waals surface area contributed by atoms with E-state index in [1.807, 2.05) is 0 Å². The minimum atomic E-state index is -0.529. The van der Waals surface area contributed by atoms with Gasteiger partial charge in [0.25, 0.3) is 11.8 Å². The third-order valence-corrected chi connectivity index (χ3v) is 5.47. The first kappa shape index (κ1) is 18.5. The number of anilines is 1. The average Bonchev–Trinajstić information content (AvgIpc) is 2.70. The zero-order valence-electron chi connectivity index (χ0n) is 15.6. The van der Waals surface area contributed by atoms with Crippen molar-refractivity contribution in [3.05, 3.63) is 53.9 Å². The summed E-state index contributed by atoms with van der Waals surface area (Å²) < 4.78 is 19.5. The number of benzene rings is 1. The summed E-state index contributed by atoms with van der Waals surface area (Å²) in [6.45, 7) is 3.12. The van der Waals surface area contributed by atoms with Crippen LogP contribution in [0, 0.1) is 12.7 Å². The Balaban J connectivity index is 1.47. The van der Waals surface area contributed by atoms with E-state index in [1.54, 1.807) is 28.9 Å². The van der Waals surface area contributed by atoms with Gasteiger partial charge in [-0.25, -0.2) is 14.4 Å².